The molecule has 0 aliphatic heterocycles. The Hall–Kier alpha value is -1.32. The van der Waals surface area contributed by atoms with Gasteiger partial charge in [0, 0.05) is 18.8 Å². The number of nitrogens with one attached hydrogen (secondary N) is 1. The molecule has 0 aromatic carbocycles. The molecule has 1 aromatic heterocycles. The van der Waals surface area contributed by atoms with Crippen LogP contribution in [0.1, 0.15) is 31.9 Å². The highest BCUT2D eigenvalue weighted by molar-refractivity contribution is 5.04. The molecule has 0 radical (unpaired) electrons. The van der Waals surface area contributed by atoms with Gasteiger partial charge < -0.3 is 4.98 Å². The molecule has 0 bridgehead atoms. The van der Waals surface area contributed by atoms with Crippen molar-refractivity contribution in [2.75, 3.05) is 0 Å². The van der Waals surface area contributed by atoms with Crippen molar-refractivity contribution in [1.82, 2.24) is 9.55 Å². The third-order valence-electron chi connectivity index (χ3n) is 2.31. The number of nitrogens with zero attached hydrogens (tertiary/aromatic N) is 1. The lowest BCUT2D eigenvalue weighted by Crippen LogP contribution is -2.33. The third-order valence-corrected chi connectivity index (χ3v) is 2.31. The molecular formula is C9H14N2O2. The zero-order valence-electron chi connectivity index (χ0n) is 8.13. The number of hydrogen-bond donors (Lipinski definition) is 1. The van der Waals surface area contributed by atoms with Gasteiger partial charge in [0.2, 0.25) is 0 Å². The van der Waals surface area contributed by atoms with Gasteiger partial charge in [0.25, 0.3) is 5.56 Å². The smallest absolute Gasteiger partial charge is 0.311 e. The summed E-state index contributed by atoms with van der Waals surface area (Å²) in [6.45, 7) is 3.99. The van der Waals surface area contributed by atoms with Crippen molar-refractivity contribution in [2.45, 2.75) is 26.2 Å². The lowest BCUT2D eigenvalue weighted by Gasteiger charge is -2.07. The lowest BCUT2D eigenvalue weighted by atomic mass is 10.1. The van der Waals surface area contributed by atoms with Gasteiger partial charge in [-0.05, 0) is 12.3 Å². The number of rotatable bonds is 2. The summed E-state index contributed by atoms with van der Waals surface area (Å²) in [4.78, 5) is 25.1. The third kappa shape index (κ3) is 1.88. The molecule has 0 saturated heterocycles. The summed E-state index contributed by atoms with van der Waals surface area (Å²) in [5, 5.41) is 0. The summed E-state index contributed by atoms with van der Waals surface area (Å²) in [6.07, 6.45) is 0.906. The Labute approximate surface area is 76.2 Å². The van der Waals surface area contributed by atoms with Gasteiger partial charge in [0.05, 0.1) is 0 Å². The van der Waals surface area contributed by atoms with E-state index in [-0.39, 0.29) is 17.2 Å². The largest absolute Gasteiger partial charge is 0.328 e. The van der Waals surface area contributed by atoms with Gasteiger partial charge in [0.15, 0.2) is 0 Å². The molecule has 0 amide bonds. The van der Waals surface area contributed by atoms with E-state index in [0.717, 1.165) is 16.7 Å². The SMILES string of the molecule is CC[C@H](C)c1cc(=O)n(C)c(=O)[nH]1. The van der Waals surface area contributed by atoms with Crippen molar-refractivity contribution in [2.24, 2.45) is 7.05 Å². The summed E-state index contributed by atoms with van der Waals surface area (Å²) >= 11 is 0. The topological polar surface area (TPSA) is 54.9 Å². The van der Waals surface area contributed by atoms with Crippen LogP contribution in [0.5, 0.6) is 0 Å². The van der Waals surface area contributed by atoms with Gasteiger partial charge in [-0.3, -0.25) is 9.36 Å². The predicted molar refractivity (Wildman–Crippen MR) is 51.0 cm³/mol. The van der Waals surface area contributed by atoms with Crippen LogP contribution in [0.3, 0.4) is 0 Å². The van der Waals surface area contributed by atoms with Gasteiger partial charge in [0.1, 0.15) is 0 Å². The quantitative estimate of drug-likeness (QED) is 0.727. The van der Waals surface area contributed by atoms with Gasteiger partial charge >= 0.3 is 5.69 Å². The van der Waals surface area contributed by atoms with E-state index >= 15 is 0 Å². The minimum atomic E-state index is -0.345. The maximum atomic E-state index is 11.2. The Bertz CT molecular complexity index is 372. The van der Waals surface area contributed by atoms with E-state index in [1.165, 1.54) is 13.1 Å². The van der Waals surface area contributed by atoms with Crippen LogP contribution in [-0.2, 0) is 7.05 Å². The Kier molecular flexibility index (Phi) is 2.70. The zero-order chi connectivity index (χ0) is 10.0. The molecule has 1 N–H and O–H groups in total. The van der Waals surface area contributed by atoms with Crippen LogP contribution in [-0.4, -0.2) is 9.55 Å². The highest BCUT2D eigenvalue weighted by Crippen LogP contribution is 2.12. The lowest BCUT2D eigenvalue weighted by molar-refractivity contribution is 0.670. The Morgan fingerprint density at radius 3 is 2.62 bits per heavy atom. The van der Waals surface area contributed by atoms with E-state index in [0.29, 0.717) is 0 Å². The molecule has 13 heavy (non-hydrogen) atoms. The van der Waals surface area contributed by atoms with Crippen LogP contribution in [0.15, 0.2) is 15.7 Å². The number of H-pyrrole nitrogens is 1. The maximum Gasteiger partial charge on any atom is 0.328 e. The standard InChI is InChI=1S/C9H14N2O2/c1-4-6(2)7-5-8(12)11(3)9(13)10-7/h5-6H,4H2,1-3H3,(H,10,13)/t6-/m0/s1. The number of aromatic amines is 1. The van der Waals surface area contributed by atoms with Crippen LogP contribution < -0.4 is 11.2 Å². The Morgan fingerprint density at radius 1 is 1.54 bits per heavy atom. The van der Waals surface area contributed by atoms with E-state index < -0.39 is 0 Å². The molecule has 0 aliphatic carbocycles. The second-order valence-electron chi connectivity index (χ2n) is 3.24. The van der Waals surface area contributed by atoms with Crippen LogP contribution in [0.25, 0.3) is 0 Å². The van der Waals surface area contributed by atoms with E-state index in [9.17, 15) is 9.59 Å². The van der Waals surface area contributed by atoms with E-state index in [4.69, 9.17) is 0 Å². The Morgan fingerprint density at radius 2 is 2.15 bits per heavy atom. The summed E-state index contributed by atoms with van der Waals surface area (Å²) in [5.74, 6) is 0.224. The number of hydrogen-bond acceptors (Lipinski definition) is 2. The van der Waals surface area contributed by atoms with Crippen molar-refractivity contribution < 1.29 is 0 Å². The molecule has 0 unspecified atom stereocenters. The average molecular weight is 182 g/mol. The van der Waals surface area contributed by atoms with Crippen LogP contribution >= 0.6 is 0 Å². The minimum Gasteiger partial charge on any atom is -0.311 e. The van der Waals surface area contributed by atoms with Crippen molar-refractivity contribution in [1.29, 1.82) is 0 Å². The molecule has 1 rings (SSSR count). The molecule has 0 saturated carbocycles. The molecular weight excluding hydrogens is 168 g/mol. The first-order valence-corrected chi connectivity index (χ1v) is 4.36. The van der Waals surface area contributed by atoms with Gasteiger partial charge in [-0.15, -0.1) is 0 Å². The molecule has 4 heteroatoms. The highest BCUT2D eigenvalue weighted by atomic mass is 16.2. The van der Waals surface area contributed by atoms with Crippen molar-refractivity contribution >= 4 is 0 Å². The second kappa shape index (κ2) is 3.60. The molecule has 1 atom stereocenters. The average Bonchev–Trinajstić information content (AvgIpc) is 2.12. The molecule has 1 aromatic rings. The molecule has 0 spiro atoms. The van der Waals surface area contributed by atoms with E-state index in [2.05, 4.69) is 4.98 Å². The normalized spacial score (nSPS) is 12.8. The predicted octanol–water partition coefficient (Wildman–Crippen LogP) is 0.587. The molecule has 0 fully saturated rings. The van der Waals surface area contributed by atoms with E-state index in [1.807, 2.05) is 13.8 Å². The van der Waals surface area contributed by atoms with Crippen molar-refractivity contribution in [3.8, 4) is 0 Å². The monoisotopic (exact) mass is 182 g/mol. The zero-order valence-corrected chi connectivity index (χ0v) is 8.13. The van der Waals surface area contributed by atoms with E-state index in [1.54, 1.807) is 0 Å². The van der Waals surface area contributed by atoms with Crippen LogP contribution in [0, 0.1) is 0 Å². The highest BCUT2D eigenvalue weighted by Gasteiger charge is 2.06. The van der Waals surface area contributed by atoms with Crippen LogP contribution in [0.2, 0.25) is 0 Å². The van der Waals surface area contributed by atoms with Crippen molar-refractivity contribution in [3.63, 3.8) is 0 Å². The second-order valence-corrected chi connectivity index (χ2v) is 3.24. The number of aromatic nitrogens is 2. The fourth-order valence-electron chi connectivity index (χ4n) is 1.06. The van der Waals surface area contributed by atoms with Gasteiger partial charge in [-0.2, -0.15) is 0 Å². The molecule has 0 aliphatic rings. The first kappa shape index (κ1) is 9.77. The van der Waals surface area contributed by atoms with Crippen LogP contribution in [0.4, 0.5) is 0 Å². The molecule has 72 valence electrons. The summed E-state index contributed by atoms with van der Waals surface area (Å²) < 4.78 is 1.06. The fourth-order valence-corrected chi connectivity index (χ4v) is 1.06. The first-order chi connectivity index (χ1) is 6.06. The molecule has 4 nitrogen and oxygen atoms in total. The fraction of sp³-hybridized carbons (Fsp3) is 0.556. The van der Waals surface area contributed by atoms with Gasteiger partial charge in [-0.25, -0.2) is 4.79 Å². The summed E-state index contributed by atoms with van der Waals surface area (Å²) in [7, 11) is 1.46. The summed E-state index contributed by atoms with van der Waals surface area (Å²) in [6, 6.07) is 1.48. The maximum absolute atomic E-state index is 11.2. The van der Waals surface area contributed by atoms with Gasteiger partial charge in [-0.1, -0.05) is 13.8 Å². The summed E-state index contributed by atoms with van der Waals surface area (Å²) in [5.41, 5.74) is 0.123. The minimum absolute atomic E-state index is 0.224. The van der Waals surface area contributed by atoms with Crippen molar-refractivity contribution in [3.05, 3.63) is 32.6 Å². The Balaban J connectivity index is 3.29. The first-order valence-electron chi connectivity index (χ1n) is 4.36. The molecule has 1 heterocycles.